The molecule has 0 aliphatic rings. The third kappa shape index (κ3) is 6.48. The van der Waals surface area contributed by atoms with Gasteiger partial charge in [-0.3, -0.25) is 4.57 Å². The van der Waals surface area contributed by atoms with Crippen LogP contribution in [0.1, 0.15) is 13.8 Å². The van der Waals surface area contributed by atoms with Crippen LogP contribution in [0.5, 0.6) is 0 Å². The van der Waals surface area contributed by atoms with Crippen LogP contribution in [0.2, 0.25) is 0 Å². The van der Waals surface area contributed by atoms with Gasteiger partial charge in [0.05, 0.1) is 6.10 Å². The lowest BCUT2D eigenvalue weighted by atomic mass is 10.5. The van der Waals surface area contributed by atoms with Crippen LogP contribution in [-0.2, 0) is 9.09 Å². The van der Waals surface area contributed by atoms with Gasteiger partial charge in [0.25, 0.3) is 6.72 Å². The molecule has 8 heavy (non-hydrogen) atoms. The molecule has 1 atom stereocenters. The Morgan fingerprint density at radius 1 is 1.62 bits per heavy atom. The number of hydrogen-bond donors (Lipinski definition) is 0. The van der Waals surface area contributed by atoms with E-state index in [2.05, 4.69) is 0 Å². The van der Waals surface area contributed by atoms with Crippen molar-refractivity contribution in [3.63, 3.8) is 0 Å². The van der Waals surface area contributed by atoms with Crippen LogP contribution in [0.3, 0.4) is 0 Å². The molecule has 0 aliphatic heterocycles. The lowest BCUT2D eigenvalue weighted by Gasteiger charge is -2.07. The Hall–Kier alpha value is 0.480. The maximum absolute atomic E-state index is 10.6. The van der Waals surface area contributed by atoms with E-state index in [0.717, 1.165) is 0 Å². The second-order valence-corrected chi connectivity index (χ2v) is 5.45. The van der Waals surface area contributed by atoms with E-state index in [-0.39, 0.29) is 6.10 Å². The quantitative estimate of drug-likeness (QED) is 0.574. The van der Waals surface area contributed by atoms with Crippen molar-refractivity contribution in [1.29, 1.82) is 0 Å². The average Bonchev–Trinajstić information content (AvgIpc) is 1.21. The highest BCUT2D eigenvalue weighted by atomic mass is 35.7. The SMILES string of the molecule is CC(C)OP(C)(=O)Cl. The Morgan fingerprint density at radius 3 is 2.00 bits per heavy atom. The molecule has 0 rings (SSSR count). The monoisotopic (exact) mass is 156 g/mol. The second kappa shape index (κ2) is 2.86. The molecule has 0 amide bonds. The van der Waals surface area contributed by atoms with Crippen molar-refractivity contribution in [2.45, 2.75) is 20.0 Å². The molecule has 0 aromatic carbocycles. The molecule has 1 unspecified atom stereocenters. The van der Waals surface area contributed by atoms with Crippen LogP contribution < -0.4 is 0 Å². The summed E-state index contributed by atoms with van der Waals surface area (Å²) in [6.45, 7) is 2.21. The summed E-state index contributed by atoms with van der Waals surface area (Å²) in [5, 5.41) is 0. The fourth-order valence-corrected chi connectivity index (χ4v) is 1.61. The van der Waals surface area contributed by atoms with E-state index in [1.54, 1.807) is 13.8 Å². The van der Waals surface area contributed by atoms with Gasteiger partial charge in [0.2, 0.25) is 0 Å². The summed E-state index contributed by atoms with van der Waals surface area (Å²) in [7, 11) is 0. The van der Waals surface area contributed by atoms with Gasteiger partial charge in [-0.05, 0) is 25.1 Å². The minimum atomic E-state index is -2.75. The molecule has 0 saturated carbocycles. The molecule has 0 bridgehead atoms. The molecule has 0 fully saturated rings. The van der Waals surface area contributed by atoms with Crippen LogP contribution >= 0.6 is 18.0 Å². The van der Waals surface area contributed by atoms with Gasteiger partial charge in [-0.25, -0.2) is 0 Å². The summed E-state index contributed by atoms with van der Waals surface area (Å²) in [6, 6.07) is 0. The Bertz CT molecular complexity index is 107. The second-order valence-electron chi connectivity index (χ2n) is 1.90. The minimum absolute atomic E-state index is 0.0525. The Labute approximate surface area is 54.4 Å². The highest BCUT2D eigenvalue weighted by Gasteiger charge is 2.11. The lowest BCUT2D eigenvalue weighted by Crippen LogP contribution is -1.95. The molecule has 0 saturated heterocycles. The molecule has 0 N–H and O–H groups in total. The maximum atomic E-state index is 10.6. The molecule has 0 aliphatic carbocycles. The van der Waals surface area contributed by atoms with E-state index < -0.39 is 6.72 Å². The van der Waals surface area contributed by atoms with Crippen molar-refractivity contribution in [2.24, 2.45) is 0 Å². The van der Waals surface area contributed by atoms with Crippen molar-refractivity contribution in [3.8, 4) is 0 Å². The molecule has 50 valence electrons. The Morgan fingerprint density at radius 2 is 2.00 bits per heavy atom. The largest absolute Gasteiger partial charge is 0.315 e. The zero-order valence-electron chi connectivity index (χ0n) is 5.22. The predicted octanol–water partition coefficient (Wildman–Crippen LogP) is 2.47. The first-order chi connectivity index (χ1) is 3.42. The molecular weight excluding hydrogens is 146 g/mol. The highest BCUT2D eigenvalue weighted by Crippen LogP contribution is 2.48. The van der Waals surface area contributed by atoms with Crippen molar-refractivity contribution < 1.29 is 9.09 Å². The van der Waals surface area contributed by atoms with Gasteiger partial charge in [0.1, 0.15) is 0 Å². The summed E-state index contributed by atoms with van der Waals surface area (Å²) >= 11 is 5.26. The fraction of sp³-hybridized carbons (Fsp3) is 1.00. The third-order valence-corrected chi connectivity index (χ3v) is 1.44. The van der Waals surface area contributed by atoms with Crippen LogP contribution in [0.15, 0.2) is 0 Å². The van der Waals surface area contributed by atoms with E-state index in [1.807, 2.05) is 0 Å². The zero-order valence-corrected chi connectivity index (χ0v) is 6.87. The predicted molar refractivity (Wildman–Crippen MR) is 35.6 cm³/mol. The van der Waals surface area contributed by atoms with Crippen molar-refractivity contribution in [2.75, 3.05) is 6.66 Å². The first kappa shape index (κ1) is 8.48. The Kier molecular flexibility index (Phi) is 3.03. The standard InChI is InChI=1S/C4H10ClO2P/c1-4(2)7-8(3,5)6/h4H,1-3H3. The number of hydrogen-bond acceptors (Lipinski definition) is 2. The molecule has 0 spiro atoms. The zero-order chi connectivity index (χ0) is 6.78. The van der Waals surface area contributed by atoms with Gasteiger partial charge in [-0.15, -0.1) is 0 Å². The van der Waals surface area contributed by atoms with E-state index in [0.29, 0.717) is 0 Å². The maximum Gasteiger partial charge on any atom is 0.287 e. The number of halogens is 1. The molecule has 0 radical (unpaired) electrons. The van der Waals surface area contributed by atoms with Crippen LogP contribution in [0, 0.1) is 0 Å². The van der Waals surface area contributed by atoms with E-state index in [4.69, 9.17) is 15.8 Å². The van der Waals surface area contributed by atoms with Crippen LogP contribution in [0.25, 0.3) is 0 Å². The fourth-order valence-electron chi connectivity index (χ4n) is 0.377. The normalized spacial score (nSPS) is 18.6. The van der Waals surface area contributed by atoms with E-state index >= 15 is 0 Å². The Balaban J connectivity index is 3.56. The third-order valence-electron chi connectivity index (χ3n) is 0.399. The molecule has 4 heteroatoms. The average molecular weight is 157 g/mol. The van der Waals surface area contributed by atoms with Gasteiger partial charge in [-0.1, -0.05) is 0 Å². The molecule has 0 heterocycles. The van der Waals surface area contributed by atoms with E-state index in [9.17, 15) is 4.57 Å². The first-order valence-corrected chi connectivity index (χ1v) is 5.35. The van der Waals surface area contributed by atoms with Gasteiger partial charge in [-0.2, -0.15) is 0 Å². The van der Waals surface area contributed by atoms with Gasteiger partial charge in [0.15, 0.2) is 0 Å². The van der Waals surface area contributed by atoms with Crippen molar-refractivity contribution in [1.82, 2.24) is 0 Å². The first-order valence-electron chi connectivity index (χ1n) is 2.37. The van der Waals surface area contributed by atoms with Crippen molar-refractivity contribution >= 4 is 18.0 Å². The van der Waals surface area contributed by atoms with Gasteiger partial charge >= 0.3 is 0 Å². The van der Waals surface area contributed by atoms with Gasteiger partial charge < -0.3 is 4.52 Å². The number of rotatable bonds is 2. The van der Waals surface area contributed by atoms with Crippen molar-refractivity contribution in [3.05, 3.63) is 0 Å². The molecular formula is C4H10ClO2P. The van der Waals surface area contributed by atoms with Gasteiger partial charge in [0, 0.05) is 6.66 Å². The molecule has 0 aromatic heterocycles. The summed E-state index contributed by atoms with van der Waals surface area (Å²) in [4.78, 5) is 0. The molecule has 2 nitrogen and oxygen atoms in total. The van der Waals surface area contributed by atoms with Crippen LogP contribution in [0.4, 0.5) is 0 Å². The summed E-state index contributed by atoms with van der Waals surface area (Å²) < 4.78 is 15.3. The molecule has 0 aromatic rings. The minimum Gasteiger partial charge on any atom is -0.315 e. The smallest absolute Gasteiger partial charge is 0.287 e. The van der Waals surface area contributed by atoms with E-state index in [1.165, 1.54) is 6.66 Å². The summed E-state index contributed by atoms with van der Waals surface area (Å²) in [6.07, 6.45) is -0.0525. The topological polar surface area (TPSA) is 26.3 Å². The van der Waals surface area contributed by atoms with Crippen LogP contribution in [-0.4, -0.2) is 12.8 Å². The summed E-state index contributed by atoms with van der Waals surface area (Å²) in [5.41, 5.74) is 0. The lowest BCUT2D eigenvalue weighted by molar-refractivity contribution is 0.254. The highest BCUT2D eigenvalue weighted by molar-refractivity contribution is 7.84. The summed E-state index contributed by atoms with van der Waals surface area (Å²) in [5.74, 6) is 0.